The van der Waals surface area contributed by atoms with E-state index >= 15 is 0 Å². The average Bonchev–Trinajstić information content (AvgIpc) is 3.04. The third kappa shape index (κ3) is 3.81. The highest BCUT2D eigenvalue weighted by atomic mass is 32.1. The van der Waals surface area contributed by atoms with Crippen molar-refractivity contribution < 1.29 is 4.79 Å². The molecular weight excluding hydrogens is 270 g/mol. The molecule has 1 N–H and O–H groups in total. The molecule has 2 rings (SSSR count). The summed E-state index contributed by atoms with van der Waals surface area (Å²) in [6.45, 7) is 6.83. The van der Waals surface area contributed by atoms with Gasteiger partial charge in [0.1, 0.15) is 6.17 Å². The second kappa shape index (κ2) is 7.20. The van der Waals surface area contributed by atoms with Gasteiger partial charge in [-0.2, -0.15) is 0 Å². The lowest BCUT2D eigenvalue weighted by Gasteiger charge is -2.25. The van der Waals surface area contributed by atoms with Crippen LogP contribution in [0.15, 0.2) is 17.5 Å². The van der Waals surface area contributed by atoms with Crippen LogP contribution in [0.5, 0.6) is 0 Å². The minimum Gasteiger partial charge on any atom is -0.321 e. The second-order valence-corrected chi connectivity index (χ2v) is 6.65. The van der Waals surface area contributed by atoms with Crippen LogP contribution in [0.1, 0.15) is 37.7 Å². The van der Waals surface area contributed by atoms with E-state index < -0.39 is 0 Å². The predicted octanol–water partition coefficient (Wildman–Crippen LogP) is 2.30. The maximum atomic E-state index is 12.0. The van der Waals surface area contributed by atoms with E-state index in [1.54, 1.807) is 11.3 Å². The fraction of sp³-hybridized carbons (Fsp3) is 0.667. The molecule has 0 saturated carbocycles. The molecule has 1 unspecified atom stereocenters. The highest BCUT2D eigenvalue weighted by Crippen LogP contribution is 2.26. The number of rotatable bonds is 7. The van der Waals surface area contributed by atoms with Gasteiger partial charge in [0, 0.05) is 17.5 Å². The van der Waals surface area contributed by atoms with Crippen LogP contribution < -0.4 is 5.32 Å². The summed E-state index contributed by atoms with van der Waals surface area (Å²) in [5.41, 5.74) is 0. The lowest BCUT2D eigenvalue weighted by atomic mass is 10.2. The van der Waals surface area contributed by atoms with E-state index in [-0.39, 0.29) is 12.1 Å². The Morgan fingerprint density at radius 3 is 2.95 bits per heavy atom. The number of nitrogens with one attached hydrogen (secondary N) is 1. The van der Waals surface area contributed by atoms with Crippen LogP contribution in [0.25, 0.3) is 0 Å². The Labute approximate surface area is 125 Å². The van der Waals surface area contributed by atoms with Crippen molar-refractivity contribution in [1.82, 2.24) is 15.1 Å². The number of carbonyl (C=O) groups is 1. The molecule has 1 aliphatic rings. The quantitative estimate of drug-likeness (QED) is 0.784. The molecule has 4 nitrogen and oxygen atoms in total. The number of thiophene rings is 1. The molecule has 1 amide bonds. The monoisotopic (exact) mass is 295 g/mol. The molecular formula is C15H25N3OS. The van der Waals surface area contributed by atoms with Crippen molar-refractivity contribution in [3.63, 3.8) is 0 Å². The van der Waals surface area contributed by atoms with Crippen LogP contribution in [-0.2, 0) is 4.79 Å². The van der Waals surface area contributed by atoms with Crippen molar-refractivity contribution in [2.75, 3.05) is 26.7 Å². The van der Waals surface area contributed by atoms with Crippen LogP contribution >= 0.6 is 11.3 Å². The number of unbranched alkanes of at least 4 members (excludes halogenated alkanes) is 1. The topological polar surface area (TPSA) is 35.6 Å². The van der Waals surface area contributed by atoms with Crippen LogP contribution in [-0.4, -0.2) is 48.4 Å². The van der Waals surface area contributed by atoms with E-state index in [0.29, 0.717) is 12.6 Å². The zero-order valence-electron chi connectivity index (χ0n) is 12.6. The van der Waals surface area contributed by atoms with E-state index in [1.165, 1.54) is 4.88 Å². The Balaban J connectivity index is 1.80. The van der Waals surface area contributed by atoms with Gasteiger partial charge in [0.2, 0.25) is 5.91 Å². The lowest BCUT2D eigenvalue weighted by Crippen LogP contribution is -2.32. The zero-order chi connectivity index (χ0) is 14.5. The first-order valence-electron chi connectivity index (χ1n) is 7.36. The average molecular weight is 295 g/mol. The lowest BCUT2D eigenvalue weighted by molar-refractivity contribution is -0.128. The molecule has 1 aromatic rings. The van der Waals surface area contributed by atoms with Gasteiger partial charge in [0.05, 0.1) is 6.54 Å². The van der Waals surface area contributed by atoms with Gasteiger partial charge in [-0.3, -0.25) is 10.1 Å². The summed E-state index contributed by atoms with van der Waals surface area (Å²) in [7, 11) is 2.15. The number of carbonyl (C=O) groups excluding carboxylic acids is 1. The van der Waals surface area contributed by atoms with Crippen molar-refractivity contribution in [2.24, 2.45) is 0 Å². The summed E-state index contributed by atoms with van der Waals surface area (Å²) in [6.07, 6.45) is 2.28. The van der Waals surface area contributed by atoms with Crippen LogP contribution in [0, 0.1) is 0 Å². The van der Waals surface area contributed by atoms with E-state index in [0.717, 1.165) is 25.9 Å². The first kappa shape index (κ1) is 15.5. The summed E-state index contributed by atoms with van der Waals surface area (Å²) in [4.78, 5) is 17.5. The largest absolute Gasteiger partial charge is 0.321 e. The maximum Gasteiger partial charge on any atom is 0.238 e. The molecule has 0 aromatic carbocycles. The molecule has 1 saturated heterocycles. The van der Waals surface area contributed by atoms with Crippen LogP contribution in [0.2, 0.25) is 0 Å². The number of hydrogen-bond donors (Lipinski definition) is 1. The number of nitrogens with zero attached hydrogens (tertiary/aromatic N) is 2. The molecule has 0 bridgehead atoms. The molecule has 0 aliphatic carbocycles. The standard InChI is InChI=1S/C15H25N3OS/c1-12(2)17(3)8-4-5-9-18-14(19)11-16-15(18)13-7-6-10-20-13/h6-7,10,12,15-16H,4-5,8-9,11H2,1-3H3. The Morgan fingerprint density at radius 1 is 1.50 bits per heavy atom. The van der Waals surface area contributed by atoms with Crippen molar-refractivity contribution >= 4 is 17.2 Å². The highest BCUT2D eigenvalue weighted by molar-refractivity contribution is 7.10. The van der Waals surface area contributed by atoms with Gasteiger partial charge < -0.3 is 9.80 Å². The van der Waals surface area contributed by atoms with Gasteiger partial charge in [-0.05, 0) is 51.7 Å². The summed E-state index contributed by atoms with van der Waals surface area (Å²) in [5.74, 6) is 0.223. The molecule has 0 spiro atoms. The SMILES string of the molecule is CC(C)N(C)CCCCN1C(=O)CNC1c1cccs1. The molecule has 1 atom stereocenters. The molecule has 5 heteroatoms. The minimum atomic E-state index is 0.0883. The van der Waals surface area contributed by atoms with Crippen molar-refractivity contribution in [3.8, 4) is 0 Å². The van der Waals surface area contributed by atoms with Gasteiger partial charge in [-0.1, -0.05) is 6.07 Å². The van der Waals surface area contributed by atoms with Gasteiger partial charge >= 0.3 is 0 Å². The zero-order valence-corrected chi connectivity index (χ0v) is 13.4. The van der Waals surface area contributed by atoms with Gasteiger partial charge in [-0.25, -0.2) is 0 Å². The van der Waals surface area contributed by atoms with Crippen molar-refractivity contribution in [3.05, 3.63) is 22.4 Å². The molecule has 2 heterocycles. The van der Waals surface area contributed by atoms with Crippen LogP contribution in [0.3, 0.4) is 0 Å². The van der Waals surface area contributed by atoms with Gasteiger partial charge in [-0.15, -0.1) is 11.3 Å². The van der Waals surface area contributed by atoms with E-state index in [4.69, 9.17) is 0 Å². The third-order valence-corrected chi connectivity index (χ3v) is 4.86. The molecule has 0 radical (unpaired) electrons. The van der Waals surface area contributed by atoms with Crippen molar-refractivity contribution in [2.45, 2.75) is 38.9 Å². The van der Waals surface area contributed by atoms with Gasteiger partial charge in [0.15, 0.2) is 0 Å². The fourth-order valence-corrected chi connectivity index (χ4v) is 3.21. The Kier molecular flexibility index (Phi) is 5.57. The Hall–Kier alpha value is -0.910. The van der Waals surface area contributed by atoms with Crippen LogP contribution in [0.4, 0.5) is 0 Å². The third-order valence-electron chi connectivity index (χ3n) is 3.93. The molecule has 20 heavy (non-hydrogen) atoms. The van der Waals surface area contributed by atoms with E-state index in [2.05, 4.69) is 42.6 Å². The molecule has 1 aliphatic heterocycles. The Bertz CT molecular complexity index is 419. The van der Waals surface area contributed by atoms with Gasteiger partial charge in [0.25, 0.3) is 0 Å². The fourth-order valence-electron chi connectivity index (χ4n) is 2.40. The highest BCUT2D eigenvalue weighted by Gasteiger charge is 2.31. The summed E-state index contributed by atoms with van der Waals surface area (Å²) in [5, 5.41) is 5.37. The first-order chi connectivity index (χ1) is 9.59. The Morgan fingerprint density at radius 2 is 2.30 bits per heavy atom. The molecule has 112 valence electrons. The minimum absolute atomic E-state index is 0.0883. The van der Waals surface area contributed by atoms with E-state index in [1.807, 2.05) is 11.0 Å². The van der Waals surface area contributed by atoms with E-state index in [9.17, 15) is 4.79 Å². The first-order valence-corrected chi connectivity index (χ1v) is 8.24. The number of amides is 1. The summed E-state index contributed by atoms with van der Waals surface area (Å²) >= 11 is 1.71. The predicted molar refractivity (Wildman–Crippen MR) is 83.8 cm³/mol. The smallest absolute Gasteiger partial charge is 0.238 e. The normalized spacial score (nSPS) is 19.6. The maximum absolute atomic E-state index is 12.0. The molecule has 1 aromatic heterocycles. The summed E-state index contributed by atoms with van der Waals surface area (Å²) in [6, 6.07) is 4.73. The summed E-state index contributed by atoms with van der Waals surface area (Å²) < 4.78 is 0. The second-order valence-electron chi connectivity index (χ2n) is 5.67. The van der Waals surface area contributed by atoms with Crippen molar-refractivity contribution in [1.29, 1.82) is 0 Å². The molecule has 1 fully saturated rings. The number of hydrogen-bond acceptors (Lipinski definition) is 4.